The second-order valence-corrected chi connectivity index (χ2v) is 5.30. The Hall–Kier alpha value is -0.410. The summed E-state index contributed by atoms with van der Waals surface area (Å²) >= 11 is 0. The summed E-state index contributed by atoms with van der Waals surface area (Å²) in [7, 11) is 0. The predicted molar refractivity (Wildman–Crippen MR) is 65.6 cm³/mol. The van der Waals surface area contributed by atoms with Gasteiger partial charge >= 0.3 is 0 Å². The molecule has 0 bridgehead atoms. The Morgan fingerprint density at radius 3 is 2.38 bits per heavy atom. The molecule has 0 aliphatic rings. The Bertz CT molecular complexity index is 197. The minimum atomic E-state index is -0.161. The molecule has 0 atom stereocenters. The number of carbonyl (C=O) groups excluding carboxylic acids is 1. The van der Waals surface area contributed by atoms with Gasteiger partial charge in [0.15, 0.2) is 5.78 Å². The van der Waals surface area contributed by atoms with Gasteiger partial charge in [-0.15, -0.1) is 0 Å². The lowest BCUT2D eigenvalue weighted by Gasteiger charge is -2.25. The molecule has 0 radical (unpaired) electrons. The second-order valence-electron chi connectivity index (χ2n) is 5.30. The number of hydrogen-bond acceptors (Lipinski definition) is 3. The monoisotopic (exact) mass is 230 g/mol. The van der Waals surface area contributed by atoms with Crippen LogP contribution in [0, 0.1) is 5.92 Å². The third-order valence-electron chi connectivity index (χ3n) is 2.34. The summed E-state index contributed by atoms with van der Waals surface area (Å²) in [6.07, 6.45) is 1.90. The zero-order valence-corrected chi connectivity index (χ0v) is 11.3. The van der Waals surface area contributed by atoms with E-state index in [1.165, 1.54) is 6.92 Å². The van der Waals surface area contributed by atoms with Crippen molar-refractivity contribution in [1.82, 2.24) is 0 Å². The molecule has 0 spiro atoms. The highest BCUT2D eigenvalue weighted by molar-refractivity contribution is 5.76. The number of rotatable bonds is 9. The van der Waals surface area contributed by atoms with Gasteiger partial charge in [-0.2, -0.15) is 0 Å². The van der Waals surface area contributed by atoms with E-state index in [-0.39, 0.29) is 18.0 Å². The number of carbonyl (C=O) groups is 1. The van der Waals surface area contributed by atoms with Crippen molar-refractivity contribution >= 4 is 5.78 Å². The van der Waals surface area contributed by atoms with Crippen molar-refractivity contribution in [3.05, 3.63) is 0 Å². The Morgan fingerprint density at radius 1 is 1.25 bits per heavy atom. The van der Waals surface area contributed by atoms with Crippen molar-refractivity contribution in [2.45, 2.75) is 53.1 Å². The van der Waals surface area contributed by atoms with Crippen molar-refractivity contribution in [2.24, 2.45) is 5.92 Å². The maximum absolute atomic E-state index is 10.7. The molecule has 0 aromatic carbocycles. The number of ether oxygens (including phenoxy) is 2. The van der Waals surface area contributed by atoms with Crippen LogP contribution in [-0.2, 0) is 14.3 Å². The first kappa shape index (κ1) is 15.6. The lowest BCUT2D eigenvalue weighted by atomic mass is 10.1. The van der Waals surface area contributed by atoms with Gasteiger partial charge in [0.1, 0.15) is 6.61 Å². The molecule has 0 unspecified atom stereocenters. The first-order chi connectivity index (χ1) is 7.33. The molecule has 0 saturated carbocycles. The van der Waals surface area contributed by atoms with Gasteiger partial charge < -0.3 is 9.47 Å². The molecule has 3 heteroatoms. The van der Waals surface area contributed by atoms with Gasteiger partial charge in [-0.3, -0.25) is 4.79 Å². The van der Waals surface area contributed by atoms with E-state index in [2.05, 4.69) is 27.7 Å². The summed E-state index contributed by atoms with van der Waals surface area (Å²) in [6, 6.07) is 0. The van der Waals surface area contributed by atoms with Gasteiger partial charge in [0.05, 0.1) is 5.60 Å². The Balaban J connectivity index is 3.57. The van der Waals surface area contributed by atoms with Crippen LogP contribution in [0.15, 0.2) is 0 Å². The van der Waals surface area contributed by atoms with E-state index in [0.29, 0.717) is 12.5 Å². The fraction of sp³-hybridized carbons (Fsp3) is 0.923. The Labute approximate surface area is 99.5 Å². The molecule has 3 nitrogen and oxygen atoms in total. The normalized spacial score (nSPS) is 12.1. The molecule has 0 aliphatic heterocycles. The molecule has 16 heavy (non-hydrogen) atoms. The van der Waals surface area contributed by atoms with E-state index < -0.39 is 0 Å². The molecule has 0 fully saturated rings. The van der Waals surface area contributed by atoms with Gasteiger partial charge in [-0.1, -0.05) is 13.8 Å². The zero-order valence-electron chi connectivity index (χ0n) is 11.3. The molecular formula is C13H26O3. The van der Waals surface area contributed by atoms with E-state index in [1.54, 1.807) is 0 Å². The average Bonchev–Trinajstić information content (AvgIpc) is 2.11. The van der Waals surface area contributed by atoms with Crippen LogP contribution >= 0.6 is 0 Å². The van der Waals surface area contributed by atoms with Crippen LogP contribution in [0.2, 0.25) is 0 Å². The molecule has 0 amide bonds. The Morgan fingerprint density at radius 2 is 1.88 bits per heavy atom. The fourth-order valence-corrected chi connectivity index (χ4v) is 1.18. The van der Waals surface area contributed by atoms with Gasteiger partial charge in [-0.25, -0.2) is 0 Å². The number of Topliss-reactive ketones (excluding diaryl/α,β-unsaturated/α-hetero) is 1. The van der Waals surface area contributed by atoms with Crippen molar-refractivity contribution in [3.63, 3.8) is 0 Å². The minimum absolute atomic E-state index is 0.0681. The summed E-state index contributed by atoms with van der Waals surface area (Å²) in [4.78, 5) is 10.7. The highest BCUT2D eigenvalue weighted by Crippen LogP contribution is 2.15. The first-order valence-electron chi connectivity index (χ1n) is 6.04. The molecule has 96 valence electrons. The standard InChI is InChI=1S/C13H26O3/c1-11(2)6-8-16-13(4,5)7-9-15-10-12(3)14/h11H,6-10H2,1-5H3. The number of hydrogen-bond donors (Lipinski definition) is 0. The second kappa shape index (κ2) is 7.80. The summed E-state index contributed by atoms with van der Waals surface area (Å²) < 4.78 is 11.0. The van der Waals surface area contributed by atoms with Gasteiger partial charge in [-0.05, 0) is 39.5 Å². The van der Waals surface area contributed by atoms with Crippen molar-refractivity contribution < 1.29 is 14.3 Å². The quantitative estimate of drug-likeness (QED) is 0.571. The molecule has 0 saturated heterocycles. The van der Waals surface area contributed by atoms with E-state index in [9.17, 15) is 4.79 Å². The topological polar surface area (TPSA) is 35.5 Å². The zero-order chi connectivity index (χ0) is 12.6. The minimum Gasteiger partial charge on any atom is -0.375 e. The lowest BCUT2D eigenvalue weighted by molar-refractivity contribution is -0.122. The van der Waals surface area contributed by atoms with E-state index in [1.807, 2.05) is 0 Å². The summed E-state index contributed by atoms with van der Waals surface area (Å²) in [5, 5.41) is 0. The smallest absolute Gasteiger partial charge is 0.155 e. The number of ketones is 1. The van der Waals surface area contributed by atoms with Crippen molar-refractivity contribution in [3.8, 4) is 0 Å². The third-order valence-corrected chi connectivity index (χ3v) is 2.34. The molecule has 0 aromatic rings. The summed E-state index contributed by atoms with van der Waals surface area (Å²) in [5.74, 6) is 0.739. The third kappa shape index (κ3) is 10.1. The van der Waals surface area contributed by atoms with Gasteiger partial charge in [0.25, 0.3) is 0 Å². The first-order valence-corrected chi connectivity index (χ1v) is 6.04. The molecule has 0 N–H and O–H groups in total. The van der Waals surface area contributed by atoms with Gasteiger partial charge in [0, 0.05) is 13.2 Å². The molecule has 0 aromatic heterocycles. The van der Waals surface area contributed by atoms with E-state index in [4.69, 9.17) is 9.47 Å². The van der Waals surface area contributed by atoms with E-state index >= 15 is 0 Å². The highest BCUT2D eigenvalue weighted by atomic mass is 16.5. The SMILES string of the molecule is CC(=O)COCCC(C)(C)OCCC(C)C. The Kier molecular flexibility index (Phi) is 7.60. The maximum atomic E-state index is 10.7. The lowest BCUT2D eigenvalue weighted by Crippen LogP contribution is -2.27. The fourth-order valence-electron chi connectivity index (χ4n) is 1.18. The summed E-state index contributed by atoms with van der Waals surface area (Å²) in [6.45, 7) is 11.6. The molecule has 0 rings (SSSR count). The summed E-state index contributed by atoms with van der Waals surface area (Å²) in [5.41, 5.74) is -0.161. The maximum Gasteiger partial charge on any atom is 0.155 e. The van der Waals surface area contributed by atoms with Crippen LogP contribution in [-0.4, -0.2) is 31.2 Å². The average molecular weight is 230 g/mol. The van der Waals surface area contributed by atoms with Crippen LogP contribution < -0.4 is 0 Å². The van der Waals surface area contributed by atoms with Crippen LogP contribution in [0.4, 0.5) is 0 Å². The largest absolute Gasteiger partial charge is 0.375 e. The molecular weight excluding hydrogens is 204 g/mol. The van der Waals surface area contributed by atoms with Crippen molar-refractivity contribution in [2.75, 3.05) is 19.8 Å². The highest BCUT2D eigenvalue weighted by Gasteiger charge is 2.18. The molecule has 0 aliphatic carbocycles. The van der Waals surface area contributed by atoms with Crippen molar-refractivity contribution in [1.29, 1.82) is 0 Å². The molecule has 0 heterocycles. The predicted octanol–water partition coefficient (Wildman–Crippen LogP) is 2.82. The van der Waals surface area contributed by atoms with Crippen LogP contribution in [0.1, 0.15) is 47.5 Å². The van der Waals surface area contributed by atoms with Crippen LogP contribution in [0.5, 0.6) is 0 Å². The van der Waals surface area contributed by atoms with E-state index in [0.717, 1.165) is 19.4 Å². The van der Waals surface area contributed by atoms with Crippen LogP contribution in [0.3, 0.4) is 0 Å². The van der Waals surface area contributed by atoms with Gasteiger partial charge in [0.2, 0.25) is 0 Å². The van der Waals surface area contributed by atoms with Crippen LogP contribution in [0.25, 0.3) is 0 Å².